The molecule has 1 atom stereocenters. The van der Waals surface area contributed by atoms with E-state index in [0.717, 1.165) is 38.9 Å². The fourth-order valence-corrected chi connectivity index (χ4v) is 2.85. The van der Waals surface area contributed by atoms with E-state index >= 15 is 0 Å². The monoisotopic (exact) mass is 185 g/mol. The zero-order chi connectivity index (χ0) is 9.53. The van der Waals surface area contributed by atoms with E-state index in [1.54, 1.807) is 0 Å². The lowest BCUT2D eigenvalue weighted by Crippen LogP contribution is -2.65. The molecule has 2 rings (SSSR count). The summed E-state index contributed by atoms with van der Waals surface area (Å²) < 4.78 is 5.41. The van der Waals surface area contributed by atoms with Gasteiger partial charge in [-0.25, -0.2) is 0 Å². The third-order valence-electron chi connectivity index (χ3n) is 3.39. The number of aliphatic hydroxyl groups is 1. The predicted octanol–water partition coefficient (Wildman–Crippen LogP) is 0.655. The molecule has 1 heterocycles. The molecule has 1 saturated carbocycles. The Labute approximate surface area is 79.3 Å². The molecule has 13 heavy (non-hydrogen) atoms. The Hall–Kier alpha value is -0.120. The molecule has 3 heteroatoms. The summed E-state index contributed by atoms with van der Waals surface area (Å²) in [6.07, 6.45) is 3.74. The summed E-state index contributed by atoms with van der Waals surface area (Å²) in [5.41, 5.74) is 5.54. The molecule has 3 N–H and O–H groups in total. The Bertz CT molecular complexity index is 189. The minimum Gasteiger partial charge on any atom is -0.390 e. The van der Waals surface area contributed by atoms with E-state index in [1.807, 2.05) is 6.92 Å². The lowest BCUT2D eigenvalue weighted by molar-refractivity contribution is -0.114. The van der Waals surface area contributed by atoms with Crippen molar-refractivity contribution < 1.29 is 9.84 Å². The van der Waals surface area contributed by atoms with Gasteiger partial charge in [0.05, 0.1) is 12.2 Å². The number of rotatable bonds is 1. The van der Waals surface area contributed by atoms with E-state index in [4.69, 9.17) is 10.5 Å². The fraction of sp³-hybridized carbons (Fsp3) is 1.00. The zero-order valence-corrected chi connectivity index (χ0v) is 8.25. The van der Waals surface area contributed by atoms with Gasteiger partial charge in [-0.15, -0.1) is 0 Å². The number of hydrogen-bond donors (Lipinski definition) is 2. The maximum atomic E-state index is 9.66. The molecule has 0 amide bonds. The molecule has 3 nitrogen and oxygen atoms in total. The molecule has 2 aliphatic rings. The van der Waals surface area contributed by atoms with Crippen LogP contribution in [0.3, 0.4) is 0 Å². The van der Waals surface area contributed by atoms with Gasteiger partial charge in [-0.05, 0) is 32.6 Å². The summed E-state index contributed by atoms with van der Waals surface area (Å²) in [7, 11) is 0. The third-order valence-corrected chi connectivity index (χ3v) is 3.39. The van der Waals surface area contributed by atoms with Crippen molar-refractivity contribution in [1.29, 1.82) is 0 Å². The molecule has 0 bridgehead atoms. The molecular weight excluding hydrogens is 166 g/mol. The first-order chi connectivity index (χ1) is 6.02. The van der Waals surface area contributed by atoms with Gasteiger partial charge in [0.1, 0.15) is 0 Å². The zero-order valence-electron chi connectivity index (χ0n) is 8.25. The van der Waals surface area contributed by atoms with Gasteiger partial charge in [0.2, 0.25) is 0 Å². The molecule has 0 aromatic carbocycles. The van der Waals surface area contributed by atoms with Gasteiger partial charge < -0.3 is 15.6 Å². The largest absolute Gasteiger partial charge is 0.390 e. The standard InChI is InChI=1S/C10H19NO2/c1-9(12)6-10(11,7-9)8-3-2-4-13-5-8/h8,12H,2-7,11H2,1H3. The Morgan fingerprint density at radius 1 is 1.46 bits per heavy atom. The second kappa shape index (κ2) is 2.94. The van der Waals surface area contributed by atoms with Crippen molar-refractivity contribution in [3.8, 4) is 0 Å². The smallest absolute Gasteiger partial charge is 0.0655 e. The molecule has 0 aromatic rings. The first-order valence-electron chi connectivity index (χ1n) is 5.11. The van der Waals surface area contributed by atoms with Crippen LogP contribution in [0.1, 0.15) is 32.6 Å². The summed E-state index contributed by atoms with van der Waals surface area (Å²) in [5, 5.41) is 9.66. The maximum Gasteiger partial charge on any atom is 0.0655 e. The normalized spacial score (nSPS) is 51.5. The molecule has 1 unspecified atom stereocenters. The van der Waals surface area contributed by atoms with Gasteiger partial charge in [0.25, 0.3) is 0 Å². The Morgan fingerprint density at radius 3 is 2.62 bits per heavy atom. The molecule has 1 aliphatic carbocycles. The highest BCUT2D eigenvalue weighted by Crippen LogP contribution is 2.45. The van der Waals surface area contributed by atoms with E-state index in [-0.39, 0.29) is 5.54 Å². The quantitative estimate of drug-likeness (QED) is 0.631. The van der Waals surface area contributed by atoms with Crippen LogP contribution < -0.4 is 5.73 Å². The van der Waals surface area contributed by atoms with Gasteiger partial charge in [0.15, 0.2) is 0 Å². The lowest BCUT2D eigenvalue weighted by atomic mass is 9.59. The average molecular weight is 185 g/mol. The SMILES string of the molecule is CC1(O)CC(N)(C2CCCOC2)C1. The van der Waals surface area contributed by atoms with Crippen LogP contribution in [-0.4, -0.2) is 29.5 Å². The highest BCUT2D eigenvalue weighted by atomic mass is 16.5. The highest BCUT2D eigenvalue weighted by molar-refractivity contribution is 5.09. The van der Waals surface area contributed by atoms with Crippen molar-refractivity contribution in [3.63, 3.8) is 0 Å². The van der Waals surface area contributed by atoms with Gasteiger partial charge in [-0.3, -0.25) is 0 Å². The van der Waals surface area contributed by atoms with E-state index in [0.29, 0.717) is 5.92 Å². The molecule has 0 radical (unpaired) electrons. The first kappa shape index (κ1) is 9.44. The summed E-state index contributed by atoms with van der Waals surface area (Å²) in [5.74, 6) is 0.460. The highest BCUT2D eigenvalue weighted by Gasteiger charge is 2.52. The second-order valence-corrected chi connectivity index (χ2v) is 5.00. The van der Waals surface area contributed by atoms with E-state index in [1.165, 1.54) is 0 Å². The van der Waals surface area contributed by atoms with Crippen LogP contribution in [0.2, 0.25) is 0 Å². The van der Waals surface area contributed by atoms with Crippen molar-refractivity contribution in [2.45, 2.75) is 43.7 Å². The van der Waals surface area contributed by atoms with Crippen molar-refractivity contribution in [2.75, 3.05) is 13.2 Å². The Morgan fingerprint density at radius 2 is 2.15 bits per heavy atom. The van der Waals surface area contributed by atoms with E-state index < -0.39 is 5.60 Å². The van der Waals surface area contributed by atoms with E-state index in [2.05, 4.69) is 0 Å². The molecule has 76 valence electrons. The van der Waals surface area contributed by atoms with Crippen LogP contribution in [0.15, 0.2) is 0 Å². The van der Waals surface area contributed by atoms with Crippen LogP contribution >= 0.6 is 0 Å². The molecule has 2 fully saturated rings. The molecule has 0 spiro atoms. The fourth-order valence-electron chi connectivity index (χ4n) is 2.85. The molecular formula is C10H19NO2. The molecule has 1 saturated heterocycles. The predicted molar refractivity (Wildman–Crippen MR) is 50.3 cm³/mol. The van der Waals surface area contributed by atoms with Gasteiger partial charge >= 0.3 is 0 Å². The number of nitrogens with two attached hydrogens (primary N) is 1. The summed E-state index contributed by atoms with van der Waals surface area (Å²) >= 11 is 0. The Balaban J connectivity index is 1.93. The lowest BCUT2D eigenvalue weighted by Gasteiger charge is -2.54. The minimum atomic E-state index is -0.522. The van der Waals surface area contributed by atoms with Gasteiger partial charge in [-0.1, -0.05) is 0 Å². The second-order valence-electron chi connectivity index (χ2n) is 5.00. The third kappa shape index (κ3) is 1.73. The van der Waals surface area contributed by atoms with Crippen LogP contribution in [-0.2, 0) is 4.74 Å². The van der Waals surface area contributed by atoms with Crippen LogP contribution in [0.4, 0.5) is 0 Å². The average Bonchev–Trinajstić information content (AvgIpc) is 2.02. The van der Waals surface area contributed by atoms with Gasteiger partial charge in [-0.2, -0.15) is 0 Å². The molecule has 0 aromatic heterocycles. The Kier molecular flexibility index (Phi) is 2.13. The summed E-state index contributed by atoms with van der Waals surface area (Å²) in [4.78, 5) is 0. The maximum absolute atomic E-state index is 9.66. The van der Waals surface area contributed by atoms with Crippen molar-refractivity contribution in [3.05, 3.63) is 0 Å². The number of hydrogen-bond acceptors (Lipinski definition) is 3. The summed E-state index contributed by atoms with van der Waals surface area (Å²) in [6.45, 7) is 3.53. The first-order valence-corrected chi connectivity index (χ1v) is 5.11. The van der Waals surface area contributed by atoms with Crippen molar-refractivity contribution in [1.82, 2.24) is 0 Å². The van der Waals surface area contributed by atoms with Crippen molar-refractivity contribution in [2.24, 2.45) is 11.7 Å². The van der Waals surface area contributed by atoms with Crippen molar-refractivity contribution >= 4 is 0 Å². The number of ether oxygens (including phenoxy) is 1. The van der Waals surface area contributed by atoms with E-state index in [9.17, 15) is 5.11 Å². The topological polar surface area (TPSA) is 55.5 Å². The van der Waals surface area contributed by atoms with Crippen LogP contribution in [0.5, 0.6) is 0 Å². The van der Waals surface area contributed by atoms with Crippen LogP contribution in [0.25, 0.3) is 0 Å². The summed E-state index contributed by atoms with van der Waals surface area (Å²) in [6, 6.07) is 0. The minimum absolute atomic E-state index is 0.149. The molecule has 1 aliphatic heterocycles. The van der Waals surface area contributed by atoms with Crippen LogP contribution in [0, 0.1) is 5.92 Å². The van der Waals surface area contributed by atoms with Gasteiger partial charge in [0, 0.05) is 18.1 Å².